The quantitative estimate of drug-likeness (QED) is 0.145. The summed E-state index contributed by atoms with van der Waals surface area (Å²) in [6.45, 7) is 2.63. The number of isothiocyanates is 1. The number of aromatic nitrogens is 3. The number of aryl methyl sites for hydroxylation is 1. The molecule has 0 amide bonds. The van der Waals surface area contributed by atoms with Gasteiger partial charge in [0.15, 0.2) is 5.82 Å². The molecule has 12 heteroatoms. The number of pyridine rings is 1. The minimum absolute atomic E-state index is 0.0435. The van der Waals surface area contributed by atoms with Crippen molar-refractivity contribution in [3.8, 4) is 11.5 Å². The minimum atomic E-state index is -4.75. The first-order valence-electron chi connectivity index (χ1n) is 10.9. The maximum absolute atomic E-state index is 11.3. The van der Waals surface area contributed by atoms with Crippen LogP contribution in [0.25, 0.3) is 21.9 Å². The van der Waals surface area contributed by atoms with Crippen LogP contribution < -0.4 is 10.3 Å². The van der Waals surface area contributed by atoms with Gasteiger partial charge >= 0.3 is 7.82 Å². The molecule has 0 saturated heterocycles. The van der Waals surface area contributed by atoms with E-state index in [0.29, 0.717) is 29.6 Å². The van der Waals surface area contributed by atoms with E-state index in [1.807, 2.05) is 22.8 Å². The van der Waals surface area contributed by atoms with Gasteiger partial charge < -0.3 is 19.9 Å². The van der Waals surface area contributed by atoms with E-state index in [-0.39, 0.29) is 23.9 Å². The van der Waals surface area contributed by atoms with E-state index in [9.17, 15) is 9.67 Å². The first-order valence-corrected chi connectivity index (χ1v) is 12.8. The highest BCUT2D eigenvalue weighted by Gasteiger charge is 2.20. The number of hydrogen-bond acceptors (Lipinski definition) is 8. The van der Waals surface area contributed by atoms with E-state index >= 15 is 0 Å². The lowest BCUT2D eigenvalue weighted by molar-refractivity contribution is 0.283. The highest BCUT2D eigenvalue weighted by atomic mass is 32.1. The van der Waals surface area contributed by atoms with Crippen molar-refractivity contribution in [1.82, 2.24) is 14.5 Å². The number of phosphoric acid groups is 1. The summed E-state index contributed by atoms with van der Waals surface area (Å²) in [6, 6.07) is 9.76. The van der Waals surface area contributed by atoms with Gasteiger partial charge in [-0.2, -0.15) is 0 Å². The molecule has 4 aromatic rings. The summed E-state index contributed by atoms with van der Waals surface area (Å²) in [5.41, 5.74) is 9.58. The van der Waals surface area contributed by atoms with Gasteiger partial charge in [0.05, 0.1) is 29.3 Å². The van der Waals surface area contributed by atoms with E-state index in [0.717, 1.165) is 35.1 Å². The Morgan fingerprint density at radius 1 is 1.23 bits per heavy atom. The Balaban J connectivity index is 1.90. The van der Waals surface area contributed by atoms with Gasteiger partial charge in [-0.05, 0) is 48.5 Å². The molecule has 0 fully saturated rings. The zero-order chi connectivity index (χ0) is 25.2. The number of fused-ring (bicyclic) bond motifs is 3. The molecule has 35 heavy (non-hydrogen) atoms. The zero-order valence-corrected chi connectivity index (χ0v) is 20.6. The number of thiocarbonyl (C=S) groups is 1. The van der Waals surface area contributed by atoms with Crippen molar-refractivity contribution in [2.24, 2.45) is 4.99 Å². The third kappa shape index (κ3) is 5.51. The largest absolute Gasteiger partial charge is 0.524 e. The summed E-state index contributed by atoms with van der Waals surface area (Å²) >= 11 is 4.66. The smallest absolute Gasteiger partial charge is 0.508 e. The van der Waals surface area contributed by atoms with Crippen molar-refractivity contribution in [2.75, 3.05) is 5.73 Å². The molecule has 0 bridgehead atoms. The first kappa shape index (κ1) is 24.8. The number of nitrogen functional groups attached to an aromatic ring is 1. The van der Waals surface area contributed by atoms with Crippen LogP contribution in [0.15, 0.2) is 41.4 Å². The summed E-state index contributed by atoms with van der Waals surface area (Å²) in [5, 5.41) is 13.7. The van der Waals surface area contributed by atoms with Crippen LogP contribution in [0.1, 0.15) is 36.7 Å². The number of anilines is 1. The first-order chi connectivity index (χ1) is 16.7. The fraction of sp³-hybridized carbons (Fsp3) is 0.261. The lowest BCUT2D eigenvalue weighted by Gasteiger charge is -2.14. The fourth-order valence-corrected chi connectivity index (χ4v) is 4.43. The van der Waals surface area contributed by atoms with Crippen LogP contribution in [0.3, 0.4) is 0 Å². The molecule has 0 atom stereocenters. The van der Waals surface area contributed by atoms with Gasteiger partial charge in [-0.15, -0.1) is 0 Å². The lowest BCUT2D eigenvalue weighted by atomic mass is 10.1. The minimum Gasteiger partial charge on any atom is -0.508 e. The van der Waals surface area contributed by atoms with Crippen LogP contribution in [0, 0.1) is 0 Å². The number of imidazole rings is 1. The van der Waals surface area contributed by atoms with Gasteiger partial charge in [0.1, 0.15) is 22.8 Å². The van der Waals surface area contributed by atoms with E-state index in [4.69, 9.17) is 25.0 Å². The number of aliphatic imine (C=N–C) groups is 1. The topological polar surface area (TPSA) is 156 Å². The van der Waals surface area contributed by atoms with Gasteiger partial charge in [0, 0.05) is 17.4 Å². The number of benzene rings is 2. The van der Waals surface area contributed by atoms with Gasteiger partial charge in [0.2, 0.25) is 0 Å². The fourth-order valence-electron chi connectivity index (χ4n) is 3.97. The Labute approximate surface area is 206 Å². The molecule has 0 aliphatic rings. The summed E-state index contributed by atoms with van der Waals surface area (Å²) in [5.74, 6) is 0.943. The molecular formula is C23H24N5O5PS. The standard InChI is InChI=1S/C23H24N5O5PS/c1-2-3-4-20-27-21-22(17-7-5-14(11-25-13-35)9-18(17)26-23(21)24)28(20)12-15-10-16(6-8-19(15)29)33-34(30,31)32/h5-10,29H,2-4,11-12H2,1H3,(H2,24,26)(H2,30,31,32). The molecule has 0 saturated carbocycles. The Morgan fingerprint density at radius 2 is 2.03 bits per heavy atom. The van der Waals surface area contributed by atoms with Crippen LogP contribution >= 0.6 is 20.0 Å². The van der Waals surface area contributed by atoms with Crippen molar-refractivity contribution < 1.29 is 24.0 Å². The number of unbranched alkanes of at least 4 members (excludes halogenated alkanes) is 1. The Morgan fingerprint density at radius 3 is 2.74 bits per heavy atom. The number of phenols is 1. The van der Waals surface area contributed by atoms with Crippen LogP contribution in [0.2, 0.25) is 0 Å². The van der Waals surface area contributed by atoms with E-state index in [2.05, 4.69) is 34.3 Å². The van der Waals surface area contributed by atoms with Crippen molar-refractivity contribution in [3.05, 3.63) is 53.3 Å². The molecule has 10 nitrogen and oxygen atoms in total. The second-order valence-electron chi connectivity index (χ2n) is 8.04. The third-order valence-corrected chi connectivity index (χ3v) is 6.11. The predicted octanol–water partition coefficient (Wildman–Crippen LogP) is 4.34. The van der Waals surface area contributed by atoms with Crippen LogP contribution in [-0.2, 0) is 24.1 Å². The summed E-state index contributed by atoms with van der Waals surface area (Å²) in [7, 11) is -4.75. The van der Waals surface area contributed by atoms with Crippen molar-refractivity contribution in [3.63, 3.8) is 0 Å². The zero-order valence-electron chi connectivity index (χ0n) is 18.9. The molecule has 2 aromatic carbocycles. The molecule has 0 aliphatic carbocycles. The van der Waals surface area contributed by atoms with Gasteiger partial charge in [-0.3, -0.25) is 9.79 Å². The number of phosphoric ester groups is 1. The SMILES string of the molecule is CCCCc1nc2c(N)nc3cc(CN=C=S)ccc3c2n1Cc1cc(OP(=O)(O)O)ccc1O. The van der Waals surface area contributed by atoms with E-state index < -0.39 is 7.82 Å². The van der Waals surface area contributed by atoms with Gasteiger partial charge in [-0.25, -0.2) is 19.5 Å². The molecule has 2 aromatic heterocycles. The van der Waals surface area contributed by atoms with Gasteiger partial charge in [-0.1, -0.05) is 25.5 Å². The van der Waals surface area contributed by atoms with Crippen LogP contribution in [-0.4, -0.2) is 34.6 Å². The van der Waals surface area contributed by atoms with E-state index in [1.165, 1.54) is 18.2 Å². The monoisotopic (exact) mass is 513 g/mol. The summed E-state index contributed by atoms with van der Waals surface area (Å²) in [6.07, 6.45) is 2.52. The predicted molar refractivity (Wildman–Crippen MR) is 137 cm³/mol. The number of nitrogens with zero attached hydrogens (tertiary/aromatic N) is 4. The Bertz CT molecular complexity index is 1510. The maximum atomic E-state index is 11.3. The molecule has 0 aliphatic heterocycles. The van der Waals surface area contributed by atoms with Crippen molar-refractivity contribution >= 4 is 53.0 Å². The molecule has 182 valence electrons. The third-order valence-electron chi connectivity index (χ3n) is 5.53. The molecule has 4 rings (SSSR count). The molecule has 0 radical (unpaired) electrons. The molecule has 2 heterocycles. The Kier molecular flexibility index (Phi) is 7.16. The molecule has 0 unspecified atom stereocenters. The number of rotatable bonds is 9. The summed E-state index contributed by atoms with van der Waals surface area (Å²) in [4.78, 5) is 31.6. The maximum Gasteiger partial charge on any atom is 0.524 e. The number of nitrogens with two attached hydrogens (primary N) is 1. The highest BCUT2D eigenvalue weighted by molar-refractivity contribution is 7.78. The number of aromatic hydroxyl groups is 1. The van der Waals surface area contributed by atoms with Crippen LogP contribution in [0.4, 0.5) is 5.82 Å². The second kappa shape index (κ2) is 10.1. The number of phenolic OH excluding ortho intramolecular Hbond substituents is 1. The lowest BCUT2D eigenvalue weighted by Crippen LogP contribution is -2.06. The van der Waals surface area contributed by atoms with E-state index in [1.54, 1.807) is 0 Å². The summed E-state index contributed by atoms with van der Waals surface area (Å²) < 4.78 is 18.0. The average molecular weight is 514 g/mol. The molecule has 0 spiro atoms. The number of hydrogen-bond donors (Lipinski definition) is 4. The van der Waals surface area contributed by atoms with Gasteiger partial charge in [0.25, 0.3) is 0 Å². The van der Waals surface area contributed by atoms with Crippen LogP contribution in [0.5, 0.6) is 11.5 Å². The molecule has 5 N–H and O–H groups in total. The molecular weight excluding hydrogens is 489 g/mol. The second-order valence-corrected chi connectivity index (χ2v) is 9.39. The van der Waals surface area contributed by atoms with Crippen molar-refractivity contribution in [1.29, 1.82) is 0 Å². The Hall–Kier alpha value is -3.33. The highest BCUT2D eigenvalue weighted by Crippen LogP contribution is 2.39. The average Bonchev–Trinajstić information content (AvgIpc) is 3.16. The van der Waals surface area contributed by atoms with Crippen molar-refractivity contribution in [2.45, 2.75) is 39.3 Å². The normalized spacial score (nSPS) is 11.6.